The van der Waals surface area contributed by atoms with Crippen LogP contribution in [-0.2, 0) is 19.4 Å². The van der Waals surface area contributed by atoms with Gasteiger partial charge in [-0.15, -0.1) is 0 Å². The van der Waals surface area contributed by atoms with Crippen LogP contribution in [0.1, 0.15) is 50.2 Å². The van der Waals surface area contributed by atoms with Crippen LogP contribution >= 0.6 is 34.4 Å². The van der Waals surface area contributed by atoms with Crippen LogP contribution in [0.2, 0.25) is 0 Å². The van der Waals surface area contributed by atoms with Crippen LogP contribution in [0.25, 0.3) is 11.2 Å². The van der Waals surface area contributed by atoms with Crippen LogP contribution in [-0.4, -0.2) is 19.5 Å². The summed E-state index contributed by atoms with van der Waals surface area (Å²) in [6.07, 6.45) is 10.0. The summed E-state index contributed by atoms with van der Waals surface area (Å²) in [5, 5.41) is 0.960. The molecule has 4 rings (SSSR count). The molecule has 2 heterocycles. The molecule has 0 saturated carbocycles. The number of imidazole rings is 1. The molecule has 27 heavy (non-hydrogen) atoms. The van der Waals surface area contributed by atoms with Gasteiger partial charge in [-0.1, -0.05) is 31.5 Å². The summed E-state index contributed by atoms with van der Waals surface area (Å²) in [7, 11) is 0. The first kappa shape index (κ1) is 19.0. The Kier molecular flexibility index (Phi) is 5.87. The van der Waals surface area contributed by atoms with Gasteiger partial charge < -0.3 is 10.3 Å². The average molecular weight is 493 g/mol. The monoisotopic (exact) mass is 493 g/mol. The molecule has 0 aliphatic heterocycles. The third-order valence-corrected chi connectivity index (χ3v) is 7.42. The van der Waals surface area contributed by atoms with E-state index in [1.54, 1.807) is 11.8 Å². The first-order valence-electron chi connectivity index (χ1n) is 9.63. The highest BCUT2D eigenvalue weighted by Gasteiger charge is 2.18. The molecule has 0 fully saturated rings. The van der Waals surface area contributed by atoms with Crippen molar-refractivity contribution in [2.24, 2.45) is 0 Å². The van der Waals surface area contributed by atoms with Gasteiger partial charge >= 0.3 is 0 Å². The van der Waals surface area contributed by atoms with E-state index in [0.717, 1.165) is 23.8 Å². The molecule has 7 heteroatoms. The van der Waals surface area contributed by atoms with Crippen molar-refractivity contribution in [2.75, 3.05) is 5.73 Å². The standard InChI is InChI=1S/C20H24IN5S/c1-2-3-6-9-26-19-17(18(22)23-12-24-19)25-20(26)27-16-11-14-8-5-4-7-13(14)10-15(16)21/h10-12H,2-9H2,1H3,(H2,22,23,24). The lowest BCUT2D eigenvalue weighted by atomic mass is 9.92. The normalized spacial score (nSPS) is 13.9. The number of anilines is 1. The number of benzene rings is 1. The van der Waals surface area contributed by atoms with Crippen molar-refractivity contribution in [3.63, 3.8) is 0 Å². The topological polar surface area (TPSA) is 69.6 Å². The minimum absolute atomic E-state index is 0.455. The van der Waals surface area contributed by atoms with E-state index >= 15 is 0 Å². The summed E-state index contributed by atoms with van der Waals surface area (Å²) in [4.78, 5) is 14.7. The highest BCUT2D eigenvalue weighted by molar-refractivity contribution is 14.1. The van der Waals surface area contributed by atoms with Crippen LogP contribution in [0.3, 0.4) is 0 Å². The summed E-state index contributed by atoms with van der Waals surface area (Å²) < 4.78 is 3.51. The van der Waals surface area contributed by atoms with Crippen LogP contribution < -0.4 is 5.73 Å². The molecular weight excluding hydrogens is 469 g/mol. The van der Waals surface area contributed by atoms with Crippen molar-refractivity contribution < 1.29 is 0 Å². The fourth-order valence-corrected chi connectivity index (χ4v) is 5.48. The number of rotatable bonds is 6. The van der Waals surface area contributed by atoms with Gasteiger partial charge in [0.25, 0.3) is 0 Å². The summed E-state index contributed by atoms with van der Waals surface area (Å²) in [5.74, 6) is 0.455. The number of unbranched alkanes of at least 4 members (excludes halogenated alkanes) is 2. The van der Waals surface area contributed by atoms with Crippen molar-refractivity contribution in [2.45, 2.75) is 68.5 Å². The van der Waals surface area contributed by atoms with Gasteiger partial charge in [-0.25, -0.2) is 15.0 Å². The highest BCUT2D eigenvalue weighted by atomic mass is 127. The molecule has 3 aromatic rings. The number of nitrogens with zero attached hydrogens (tertiary/aromatic N) is 4. The van der Waals surface area contributed by atoms with Crippen LogP contribution in [0, 0.1) is 3.57 Å². The molecule has 2 aromatic heterocycles. The largest absolute Gasteiger partial charge is 0.382 e. The second-order valence-electron chi connectivity index (χ2n) is 7.04. The van der Waals surface area contributed by atoms with E-state index in [1.165, 1.54) is 64.4 Å². The lowest BCUT2D eigenvalue weighted by Gasteiger charge is -2.18. The third kappa shape index (κ3) is 3.94. The van der Waals surface area contributed by atoms with Crippen molar-refractivity contribution in [3.8, 4) is 0 Å². The predicted octanol–water partition coefficient (Wildman–Crippen LogP) is 5.23. The molecule has 0 radical (unpaired) electrons. The Hall–Kier alpha value is -1.35. The number of halogens is 1. The Labute approximate surface area is 177 Å². The van der Waals surface area contributed by atoms with Gasteiger partial charge in [-0.3, -0.25) is 0 Å². The van der Waals surface area contributed by atoms with Gasteiger partial charge in [0.15, 0.2) is 22.1 Å². The molecule has 5 nitrogen and oxygen atoms in total. The van der Waals surface area contributed by atoms with E-state index in [2.05, 4.69) is 56.2 Å². The predicted molar refractivity (Wildman–Crippen MR) is 119 cm³/mol. The lowest BCUT2D eigenvalue weighted by Crippen LogP contribution is -2.04. The molecule has 0 unspecified atom stereocenters. The Balaban J connectivity index is 1.72. The first-order valence-corrected chi connectivity index (χ1v) is 11.5. The smallest absolute Gasteiger partial charge is 0.175 e. The van der Waals surface area contributed by atoms with E-state index in [9.17, 15) is 0 Å². The van der Waals surface area contributed by atoms with Crippen molar-refractivity contribution in [1.29, 1.82) is 0 Å². The van der Waals surface area contributed by atoms with Gasteiger partial charge in [0, 0.05) is 15.0 Å². The number of nitrogen functional groups attached to an aromatic ring is 1. The zero-order chi connectivity index (χ0) is 18.8. The average Bonchev–Trinajstić information content (AvgIpc) is 3.01. The number of fused-ring (bicyclic) bond motifs is 2. The second-order valence-corrected chi connectivity index (χ2v) is 9.22. The number of nitrogens with two attached hydrogens (primary N) is 1. The van der Waals surface area contributed by atoms with E-state index in [-0.39, 0.29) is 0 Å². The van der Waals surface area contributed by atoms with Gasteiger partial charge in [0.05, 0.1) is 0 Å². The molecule has 0 saturated heterocycles. The Bertz CT molecular complexity index is 969. The fourth-order valence-electron chi connectivity index (χ4n) is 3.64. The Morgan fingerprint density at radius 2 is 1.93 bits per heavy atom. The third-order valence-electron chi connectivity index (χ3n) is 5.11. The maximum atomic E-state index is 6.07. The summed E-state index contributed by atoms with van der Waals surface area (Å²) >= 11 is 4.18. The quantitative estimate of drug-likeness (QED) is 0.376. The Morgan fingerprint density at radius 1 is 1.15 bits per heavy atom. The maximum Gasteiger partial charge on any atom is 0.175 e. The molecule has 0 atom stereocenters. The van der Waals surface area contributed by atoms with Crippen molar-refractivity contribution in [3.05, 3.63) is 33.2 Å². The molecule has 1 aliphatic rings. The lowest BCUT2D eigenvalue weighted by molar-refractivity contribution is 0.575. The summed E-state index contributed by atoms with van der Waals surface area (Å²) in [5.41, 5.74) is 10.6. The summed E-state index contributed by atoms with van der Waals surface area (Å²) in [6, 6.07) is 4.72. The zero-order valence-corrected chi connectivity index (χ0v) is 18.5. The first-order chi connectivity index (χ1) is 13.2. The molecule has 1 aliphatic carbocycles. The number of aromatic nitrogens is 4. The molecule has 2 N–H and O–H groups in total. The molecule has 1 aromatic carbocycles. The van der Waals surface area contributed by atoms with E-state index in [1.807, 2.05) is 0 Å². The second kappa shape index (κ2) is 8.34. The maximum absolute atomic E-state index is 6.07. The molecule has 0 spiro atoms. The van der Waals surface area contributed by atoms with Gasteiger partial charge in [0.1, 0.15) is 6.33 Å². The Morgan fingerprint density at radius 3 is 2.70 bits per heavy atom. The van der Waals surface area contributed by atoms with E-state index in [0.29, 0.717) is 11.3 Å². The van der Waals surface area contributed by atoms with Crippen LogP contribution in [0.5, 0.6) is 0 Å². The van der Waals surface area contributed by atoms with Gasteiger partial charge in [-0.2, -0.15) is 0 Å². The fraction of sp³-hybridized carbons (Fsp3) is 0.450. The number of aryl methyl sites for hydroxylation is 3. The van der Waals surface area contributed by atoms with Crippen molar-refractivity contribution in [1.82, 2.24) is 19.5 Å². The van der Waals surface area contributed by atoms with E-state index < -0.39 is 0 Å². The molecular formula is C20H24IN5S. The van der Waals surface area contributed by atoms with Gasteiger partial charge in [0.2, 0.25) is 0 Å². The molecule has 0 bridgehead atoms. The number of hydrogen-bond donors (Lipinski definition) is 1. The molecule has 0 amide bonds. The van der Waals surface area contributed by atoms with Crippen LogP contribution in [0.4, 0.5) is 5.82 Å². The van der Waals surface area contributed by atoms with E-state index in [4.69, 9.17) is 10.7 Å². The number of hydrogen-bond acceptors (Lipinski definition) is 5. The molecule has 142 valence electrons. The van der Waals surface area contributed by atoms with Crippen LogP contribution in [0.15, 0.2) is 28.5 Å². The van der Waals surface area contributed by atoms with Gasteiger partial charge in [-0.05, 0) is 78.0 Å². The minimum atomic E-state index is 0.455. The SMILES string of the molecule is CCCCCn1c(Sc2cc3c(cc2I)CCCC3)nc2c(N)ncnc21. The minimum Gasteiger partial charge on any atom is -0.382 e. The van der Waals surface area contributed by atoms with Crippen molar-refractivity contribution >= 4 is 51.3 Å². The summed E-state index contributed by atoms with van der Waals surface area (Å²) in [6.45, 7) is 3.13. The zero-order valence-electron chi connectivity index (χ0n) is 15.5. The highest BCUT2D eigenvalue weighted by Crippen LogP contribution is 2.36.